The predicted molar refractivity (Wildman–Crippen MR) is 118 cm³/mol. The van der Waals surface area contributed by atoms with Crippen molar-refractivity contribution >= 4 is 31.3 Å². The molecule has 0 saturated carbocycles. The maximum Gasteiger partial charge on any atom is 0.0513 e. The van der Waals surface area contributed by atoms with Crippen LogP contribution in [-0.2, 0) is 4.52 Å². The second kappa shape index (κ2) is 10.1. The molecule has 1 nitrogen and oxygen atoms in total. The van der Waals surface area contributed by atoms with Gasteiger partial charge in [0.05, 0.1) is 12.3 Å². The normalized spacial score (nSPS) is 12.8. The first kappa shape index (κ1) is 19.4. The molecule has 0 heterocycles. The lowest BCUT2D eigenvalue weighted by Crippen LogP contribution is -1.98. The summed E-state index contributed by atoms with van der Waals surface area (Å²) in [5, 5.41) is 2.63. The zero-order valence-electron chi connectivity index (χ0n) is 15.6. The van der Waals surface area contributed by atoms with Gasteiger partial charge in [-0.3, -0.25) is 0 Å². The van der Waals surface area contributed by atoms with E-state index in [0.717, 1.165) is 13.0 Å². The van der Waals surface area contributed by atoms with Crippen LogP contribution in [-0.4, -0.2) is 12.9 Å². The summed E-state index contributed by atoms with van der Waals surface area (Å²) >= 11 is 1.79. The van der Waals surface area contributed by atoms with Crippen molar-refractivity contribution in [3.8, 4) is 0 Å². The lowest BCUT2D eigenvalue weighted by molar-refractivity contribution is 0.345. The number of unbranched alkanes of at least 4 members (excludes halogenated alkanes) is 2. The molecule has 26 heavy (non-hydrogen) atoms. The molecular weight excluding hydrogens is 355 g/mol. The molecule has 0 aliphatic rings. The first-order valence-corrected chi connectivity index (χ1v) is 11.5. The summed E-state index contributed by atoms with van der Waals surface area (Å²) in [7, 11) is 0.443. The average molecular weight is 383 g/mol. The van der Waals surface area contributed by atoms with Crippen LogP contribution in [0, 0.1) is 0 Å². The zero-order valence-corrected chi connectivity index (χ0v) is 17.4. The van der Waals surface area contributed by atoms with E-state index < -0.39 is 0 Å². The standard InChI is InChI=1S/C23H27OPS/c1-3-4-7-17-24-25-23(19-13-15-20(26-2)16-14-19)22-12-8-10-18-9-5-6-11-21(18)22/h5-6,8-16,23,25H,3-4,7,17H2,1-2H3. The largest absolute Gasteiger partial charge is 0.361 e. The fraction of sp³-hybridized carbons (Fsp3) is 0.304. The summed E-state index contributed by atoms with van der Waals surface area (Å²) in [5.41, 5.74) is 3.00. The van der Waals surface area contributed by atoms with E-state index in [9.17, 15) is 0 Å². The lowest BCUT2D eigenvalue weighted by Gasteiger charge is -2.20. The molecule has 3 heteroatoms. The molecule has 2 atom stereocenters. The highest BCUT2D eigenvalue weighted by molar-refractivity contribution is 7.98. The van der Waals surface area contributed by atoms with Gasteiger partial charge in [0.1, 0.15) is 0 Å². The predicted octanol–water partition coefficient (Wildman–Crippen LogP) is 7.45. The van der Waals surface area contributed by atoms with Crippen molar-refractivity contribution in [1.29, 1.82) is 0 Å². The Balaban J connectivity index is 1.90. The van der Waals surface area contributed by atoms with Crippen LogP contribution in [0.4, 0.5) is 0 Å². The van der Waals surface area contributed by atoms with E-state index in [0.29, 0.717) is 14.5 Å². The van der Waals surface area contributed by atoms with Crippen LogP contribution in [0.5, 0.6) is 0 Å². The van der Waals surface area contributed by atoms with Crippen molar-refractivity contribution in [3.05, 3.63) is 77.9 Å². The Morgan fingerprint density at radius 1 is 0.923 bits per heavy atom. The van der Waals surface area contributed by atoms with Gasteiger partial charge < -0.3 is 4.52 Å². The minimum Gasteiger partial charge on any atom is -0.361 e. The maximum atomic E-state index is 6.13. The second-order valence-electron chi connectivity index (χ2n) is 6.45. The van der Waals surface area contributed by atoms with Crippen LogP contribution in [0.3, 0.4) is 0 Å². The van der Waals surface area contributed by atoms with Crippen LogP contribution in [0.1, 0.15) is 43.0 Å². The molecule has 0 amide bonds. The Bertz CT molecular complexity index is 811. The van der Waals surface area contributed by atoms with E-state index in [1.807, 2.05) is 0 Å². The summed E-state index contributed by atoms with van der Waals surface area (Å²) in [6.07, 6.45) is 5.74. The Morgan fingerprint density at radius 3 is 2.46 bits per heavy atom. The number of hydrogen-bond acceptors (Lipinski definition) is 2. The first-order chi connectivity index (χ1) is 12.8. The monoisotopic (exact) mass is 382 g/mol. The molecule has 0 radical (unpaired) electrons. The number of hydrogen-bond donors (Lipinski definition) is 0. The lowest BCUT2D eigenvalue weighted by atomic mass is 9.98. The quantitative estimate of drug-likeness (QED) is 0.216. The Labute approximate surface area is 163 Å². The van der Waals surface area contributed by atoms with Gasteiger partial charge in [-0.05, 0) is 46.7 Å². The Kier molecular flexibility index (Phi) is 7.55. The number of rotatable bonds is 9. The van der Waals surface area contributed by atoms with Crippen molar-refractivity contribution in [2.75, 3.05) is 12.9 Å². The fourth-order valence-corrected chi connectivity index (χ4v) is 4.72. The number of benzene rings is 3. The molecular formula is C23H27OPS. The van der Waals surface area contributed by atoms with E-state index >= 15 is 0 Å². The van der Waals surface area contributed by atoms with E-state index in [-0.39, 0.29) is 0 Å². The summed E-state index contributed by atoms with van der Waals surface area (Å²) in [6, 6.07) is 24.3. The number of fused-ring (bicyclic) bond motifs is 1. The SMILES string of the molecule is CCCCCOPC(c1ccc(SC)cc1)c1cccc2ccccc12. The van der Waals surface area contributed by atoms with Crippen molar-refractivity contribution in [2.45, 2.75) is 36.7 Å². The molecule has 0 aliphatic heterocycles. The molecule has 0 aliphatic carbocycles. The molecule has 0 N–H and O–H groups in total. The Hall–Kier alpha value is -1.34. The van der Waals surface area contributed by atoms with Gasteiger partial charge in [0.25, 0.3) is 0 Å². The van der Waals surface area contributed by atoms with Crippen LogP contribution >= 0.6 is 20.6 Å². The van der Waals surface area contributed by atoms with Crippen LogP contribution < -0.4 is 0 Å². The van der Waals surface area contributed by atoms with Crippen molar-refractivity contribution in [1.82, 2.24) is 0 Å². The highest BCUT2D eigenvalue weighted by Crippen LogP contribution is 2.44. The molecule has 0 fully saturated rings. The van der Waals surface area contributed by atoms with Crippen molar-refractivity contribution in [2.24, 2.45) is 0 Å². The molecule has 3 rings (SSSR count). The smallest absolute Gasteiger partial charge is 0.0513 e. The van der Waals surface area contributed by atoms with E-state index in [1.165, 1.54) is 39.6 Å². The van der Waals surface area contributed by atoms with Crippen LogP contribution in [0.2, 0.25) is 0 Å². The first-order valence-electron chi connectivity index (χ1n) is 9.32. The highest BCUT2D eigenvalue weighted by Gasteiger charge is 2.17. The average Bonchev–Trinajstić information content (AvgIpc) is 2.71. The van der Waals surface area contributed by atoms with Crippen LogP contribution in [0.25, 0.3) is 10.8 Å². The van der Waals surface area contributed by atoms with E-state index in [2.05, 4.69) is 79.9 Å². The van der Waals surface area contributed by atoms with Gasteiger partial charge in [0.2, 0.25) is 0 Å². The molecule has 136 valence electrons. The maximum absolute atomic E-state index is 6.13. The van der Waals surface area contributed by atoms with E-state index in [4.69, 9.17) is 4.52 Å². The molecule has 0 saturated heterocycles. The Morgan fingerprint density at radius 2 is 1.69 bits per heavy atom. The zero-order chi connectivity index (χ0) is 18.2. The molecule has 3 aromatic rings. The third-order valence-electron chi connectivity index (χ3n) is 4.63. The molecule has 3 aromatic carbocycles. The topological polar surface area (TPSA) is 9.23 Å². The summed E-state index contributed by atoms with van der Waals surface area (Å²) < 4.78 is 6.13. The third-order valence-corrected chi connectivity index (χ3v) is 6.63. The molecule has 0 aromatic heterocycles. The third kappa shape index (κ3) is 4.88. The summed E-state index contributed by atoms with van der Waals surface area (Å²) in [5.74, 6) is 0. The fourth-order valence-electron chi connectivity index (χ4n) is 3.18. The minimum absolute atomic E-state index is 0.290. The van der Waals surface area contributed by atoms with Gasteiger partial charge in [0.15, 0.2) is 0 Å². The van der Waals surface area contributed by atoms with E-state index in [1.54, 1.807) is 11.8 Å². The molecule has 0 spiro atoms. The summed E-state index contributed by atoms with van der Waals surface area (Å²) in [6.45, 7) is 3.09. The second-order valence-corrected chi connectivity index (χ2v) is 8.43. The van der Waals surface area contributed by atoms with Gasteiger partial charge >= 0.3 is 0 Å². The molecule has 0 bridgehead atoms. The van der Waals surface area contributed by atoms with Crippen molar-refractivity contribution < 1.29 is 4.52 Å². The van der Waals surface area contributed by atoms with Gasteiger partial charge in [-0.2, -0.15) is 0 Å². The van der Waals surface area contributed by atoms with Gasteiger partial charge in [0, 0.05) is 13.7 Å². The molecule has 2 unspecified atom stereocenters. The van der Waals surface area contributed by atoms with Crippen LogP contribution in [0.15, 0.2) is 71.6 Å². The van der Waals surface area contributed by atoms with Crippen molar-refractivity contribution in [3.63, 3.8) is 0 Å². The minimum atomic E-state index is 0.290. The summed E-state index contributed by atoms with van der Waals surface area (Å²) in [4.78, 5) is 1.30. The van der Waals surface area contributed by atoms with Gasteiger partial charge in [-0.25, -0.2) is 0 Å². The van der Waals surface area contributed by atoms with Gasteiger partial charge in [-0.15, -0.1) is 11.8 Å². The van der Waals surface area contributed by atoms with Gasteiger partial charge in [-0.1, -0.05) is 74.4 Å². The highest BCUT2D eigenvalue weighted by atomic mass is 32.2. The number of thioether (sulfide) groups is 1.